The van der Waals surface area contributed by atoms with Crippen molar-refractivity contribution >= 4 is 52.2 Å². The van der Waals surface area contributed by atoms with Crippen LogP contribution in [0.1, 0.15) is 17.8 Å². The molecule has 4 rings (SSSR count). The molecule has 0 bridgehead atoms. The third-order valence-corrected chi connectivity index (χ3v) is 6.46. The number of aromatic nitrogens is 3. The second-order valence-corrected chi connectivity index (χ2v) is 9.47. The average Bonchev–Trinajstić information content (AvgIpc) is 3.24. The molecule has 0 saturated heterocycles. The number of aryl methyl sites for hydroxylation is 1. The van der Waals surface area contributed by atoms with E-state index in [0.717, 1.165) is 22.4 Å². The summed E-state index contributed by atoms with van der Waals surface area (Å²) in [6.07, 6.45) is 0.294. The summed E-state index contributed by atoms with van der Waals surface area (Å²) < 4.78 is 2.01. The molecule has 0 aliphatic heterocycles. The minimum Gasteiger partial charge on any atom is -0.378 e. The SMILES string of the molecule is Cc1ccc(NCc2nnc(SCCC(=O)Nc3ccc(Cl)cc3Cl)n2-c2ccccc2)cc1. The lowest BCUT2D eigenvalue weighted by Crippen LogP contribution is -2.13. The predicted molar refractivity (Wildman–Crippen MR) is 140 cm³/mol. The highest BCUT2D eigenvalue weighted by atomic mass is 35.5. The van der Waals surface area contributed by atoms with E-state index < -0.39 is 0 Å². The van der Waals surface area contributed by atoms with E-state index in [2.05, 4.69) is 39.9 Å². The Kier molecular flexibility index (Phi) is 8.11. The summed E-state index contributed by atoms with van der Waals surface area (Å²) in [4.78, 5) is 12.4. The van der Waals surface area contributed by atoms with Gasteiger partial charge in [0.2, 0.25) is 5.91 Å². The molecule has 1 aromatic heterocycles. The Morgan fingerprint density at radius 1 is 1.00 bits per heavy atom. The number of nitrogens with one attached hydrogen (secondary N) is 2. The number of rotatable bonds is 9. The summed E-state index contributed by atoms with van der Waals surface area (Å²) in [5.41, 5.74) is 3.73. The van der Waals surface area contributed by atoms with Gasteiger partial charge in [-0.1, -0.05) is 70.9 Å². The third kappa shape index (κ3) is 6.32. The molecule has 0 radical (unpaired) electrons. The average molecular weight is 512 g/mol. The van der Waals surface area contributed by atoms with Crippen LogP contribution in [0.3, 0.4) is 0 Å². The first kappa shape index (κ1) is 24.1. The van der Waals surface area contributed by atoms with E-state index >= 15 is 0 Å². The van der Waals surface area contributed by atoms with Crippen LogP contribution in [-0.2, 0) is 11.3 Å². The zero-order valence-electron chi connectivity index (χ0n) is 18.5. The first-order valence-electron chi connectivity index (χ1n) is 10.7. The first-order chi connectivity index (χ1) is 16.5. The zero-order chi connectivity index (χ0) is 23.9. The van der Waals surface area contributed by atoms with E-state index in [-0.39, 0.29) is 5.91 Å². The number of anilines is 2. The van der Waals surface area contributed by atoms with Gasteiger partial charge in [-0.25, -0.2) is 0 Å². The van der Waals surface area contributed by atoms with Crippen LogP contribution in [0.25, 0.3) is 5.69 Å². The van der Waals surface area contributed by atoms with Gasteiger partial charge in [0.1, 0.15) is 0 Å². The van der Waals surface area contributed by atoms with Crippen molar-refractivity contribution in [2.24, 2.45) is 0 Å². The largest absolute Gasteiger partial charge is 0.378 e. The molecule has 2 N–H and O–H groups in total. The lowest BCUT2D eigenvalue weighted by Gasteiger charge is -2.12. The maximum Gasteiger partial charge on any atom is 0.225 e. The van der Waals surface area contributed by atoms with Crippen molar-refractivity contribution in [2.45, 2.75) is 25.0 Å². The maximum atomic E-state index is 12.4. The molecule has 0 aliphatic carbocycles. The van der Waals surface area contributed by atoms with Gasteiger partial charge in [-0.3, -0.25) is 9.36 Å². The summed E-state index contributed by atoms with van der Waals surface area (Å²) >= 11 is 13.5. The fourth-order valence-electron chi connectivity index (χ4n) is 3.24. The quantitative estimate of drug-likeness (QED) is 0.247. The number of amides is 1. The molecule has 0 fully saturated rings. The van der Waals surface area contributed by atoms with Gasteiger partial charge in [0.25, 0.3) is 0 Å². The van der Waals surface area contributed by atoms with Gasteiger partial charge in [0.15, 0.2) is 11.0 Å². The minimum atomic E-state index is -0.135. The van der Waals surface area contributed by atoms with Crippen LogP contribution in [0.15, 0.2) is 78.0 Å². The van der Waals surface area contributed by atoms with Crippen molar-refractivity contribution < 1.29 is 4.79 Å². The standard InChI is InChI=1S/C25H23Cl2N5OS/c1-17-7-10-19(11-8-17)28-16-23-30-31-25(32(23)20-5-3-2-4-6-20)34-14-13-24(33)29-22-12-9-18(26)15-21(22)27/h2-12,15,28H,13-14,16H2,1H3,(H,29,33). The second kappa shape index (κ2) is 11.4. The highest BCUT2D eigenvalue weighted by Gasteiger charge is 2.15. The summed E-state index contributed by atoms with van der Waals surface area (Å²) in [6, 6.07) is 23.1. The number of halogens is 2. The smallest absolute Gasteiger partial charge is 0.225 e. The molecule has 0 unspecified atom stereocenters. The fourth-order valence-corrected chi connectivity index (χ4v) is 4.60. The number of nitrogens with zero attached hydrogens (tertiary/aromatic N) is 3. The normalized spacial score (nSPS) is 10.8. The van der Waals surface area contributed by atoms with Gasteiger partial charge >= 0.3 is 0 Å². The molecule has 0 spiro atoms. The van der Waals surface area contributed by atoms with Gasteiger partial charge < -0.3 is 10.6 Å². The van der Waals surface area contributed by atoms with Crippen molar-refractivity contribution in [1.29, 1.82) is 0 Å². The van der Waals surface area contributed by atoms with Crippen LogP contribution in [0, 0.1) is 6.92 Å². The van der Waals surface area contributed by atoms with E-state index in [1.165, 1.54) is 17.3 Å². The fraction of sp³-hybridized carbons (Fsp3) is 0.160. The Hall–Kier alpha value is -3.00. The lowest BCUT2D eigenvalue weighted by atomic mass is 10.2. The van der Waals surface area contributed by atoms with E-state index in [0.29, 0.717) is 34.5 Å². The summed E-state index contributed by atoms with van der Waals surface area (Å²) in [7, 11) is 0. The Bertz CT molecular complexity index is 1260. The summed E-state index contributed by atoms with van der Waals surface area (Å²) in [5, 5.41) is 16.7. The molecule has 0 saturated carbocycles. The summed E-state index contributed by atoms with van der Waals surface area (Å²) in [5.74, 6) is 1.18. The Balaban J connectivity index is 1.42. The molecule has 1 amide bonds. The molecule has 0 atom stereocenters. The summed E-state index contributed by atoms with van der Waals surface area (Å²) in [6.45, 7) is 2.57. The molecular formula is C25H23Cl2N5OS. The highest BCUT2D eigenvalue weighted by molar-refractivity contribution is 7.99. The lowest BCUT2D eigenvalue weighted by molar-refractivity contribution is -0.115. The van der Waals surface area contributed by atoms with E-state index in [4.69, 9.17) is 23.2 Å². The van der Waals surface area contributed by atoms with Crippen LogP contribution >= 0.6 is 35.0 Å². The number of para-hydroxylation sites is 1. The van der Waals surface area contributed by atoms with Crippen LogP contribution in [0.4, 0.5) is 11.4 Å². The molecule has 4 aromatic rings. The molecule has 9 heteroatoms. The van der Waals surface area contributed by atoms with Gasteiger partial charge in [-0.2, -0.15) is 0 Å². The molecule has 174 valence electrons. The Labute approximate surface area is 212 Å². The van der Waals surface area contributed by atoms with Gasteiger partial charge in [0, 0.05) is 28.6 Å². The number of carbonyl (C=O) groups is 1. The number of benzene rings is 3. The van der Waals surface area contributed by atoms with E-state index in [1.54, 1.807) is 18.2 Å². The second-order valence-electron chi connectivity index (χ2n) is 7.56. The Morgan fingerprint density at radius 3 is 2.50 bits per heavy atom. The zero-order valence-corrected chi connectivity index (χ0v) is 20.8. The number of carbonyl (C=O) groups excluding carboxylic acids is 1. The molecule has 34 heavy (non-hydrogen) atoms. The van der Waals surface area contributed by atoms with Crippen LogP contribution in [0.2, 0.25) is 10.0 Å². The monoisotopic (exact) mass is 511 g/mol. The molecule has 6 nitrogen and oxygen atoms in total. The van der Waals surface area contributed by atoms with E-state index in [1.807, 2.05) is 47.0 Å². The number of thioether (sulfide) groups is 1. The van der Waals surface area contributed by atoms with Crippen molar-refractivity contribution in [3.05, 3.63) is 94.2 Å². The highest BCUT2D eigenvalue weighted by Crippen LogP contribution is 2.26. The molecule has 3 aromatic carbocycles. The van der Waals surface area contributed by atoms with Crippen molar-refractivity contribution in [3.8, 4) is 5.69 Å². The van der Waals surface area contributed by atoms with Gasteiger partial charge in [-0.15, -0.1) is 10.2 Å². The van der Waals surface area contributed by atoms with Crippen molar-refractivity contribution in [3.63, 3.8) is 0 Å². The first-order valence-corrected chi connectivity index (χ1v) is 12.4. The third-order valence-electron chi connectivity index (χ3n) is 4.98. The van der Waals surface area contributed by atoms with E-state index in [9.17, 15) is 4.79 Å². The minimum absolute atomic E-state index is 0.135. The van der Waals surface area contributed by atoms with Crippen LogP contribution < -0.4 is 10.6 Å². The maximum absolute atomic E-state index is 12.4. The molecule has 1 heterocycles. The van der Waals surface area contributed by atoms with Gasteiger partial charge in [0.05, 0.1) is 17.3 Å². The van der Waals surface area contributed by atoms with Crippen molar-refractivity contribution in [1.82, 2.24) is 14.8 Å². The van der Waals surface area contributed by atoms with Crippen LogP contribution in [0.5, 0.6) is 0 Å². The van der Waals surface area contributed by atoms with Crippen molar-refractivity contribution in [2.75, 3.05) is 16.4 Å². The van der Waals surface area contributed by atoms with Crippen LogP contribution in [-0.4, -0.2) is 26.4 Å². The topological polar surface area (TPSA) is 71.8 Å². The number of hydrogen-bond donors (Lipinski definition) is 2. The molecular weight excluding hydrogens is 489 g/mol. The number of hydrogen-bond acceptors (Lipinski definition) is 5. The van der Waals surface area contributed by atoms with Gasteiger partial charge in [-0.05, 0) is 49.4 Å². The Morgan fingerprint density at radius 2 is 1.76 bits per heavy atom. The molecule has 0 aliphatic rings. The predicted octanol–water partition coefficient (Wildman–Crippen LogP) is 6.62.